The summed E-state index contributed by atoms with van der Waals surface area (Å²) in [4.78, 5) is 17.0. The van der Waals surface area contributed by atoms with Crippen molar-refractivity contribution in [3.63, 3.8) is 0 Å². The SMILES string of the molecule is FC(F)(F)c1ccc(-c2ncc(-c3nc4ccccc4o3)c(-c3ccccc3)n2)cn1. The molecule has 8 heteroatoms. The van der Waals surface area contributed by atoms with Gasteiger partial charge in [-0.25, -0.2) is 15.0 Å². The summed E-state index contributed by atoms with van der Waals surface area (Å²) in [7, 11) is 0. The van der Waals surface area contributed by atoms with Gasteiger partial charge in [-0.1, -0.05) is 42.5 Å². The molecule has 2 aromatic carbocycles. The third-order valence-electron chi connectivity index (χ3n) is 4.67. The van der Waals surface area contributed by atoms with Gasteiger partial charge in [-0.15, -0.1) is 0 Å². The van der Waals surface area contributed by atoms with E-state index in [0.717, 1.165) is 17.8 Å². The lowest BCUT2D eigenvalue weighted by Gasteiger charge is -2.09. The van der Waals surface area contributed by atoms with E-state index in [1.165, 1.54) is 6.07 Å². The minimum Gasteiger partial charge on any atom is -0.436 e. The van der Waals surface area contributed by atoms with Crippen molar-refractivity contribution < 1.29 is 17.6 Å². The van der Waals surface area contributed by atoms with Crippen molar-refractivity contribution in [2.24, 2.45) is 0 Å². The maximum Gasteiger partial charge on any atom is 0.433 e. The summed E-state index contributed by atoms with van der Waals surface area (Å²) in [5.74, 6) is 0.608. The zero-order valence-electron chi connectivity index (χ0n) is 15.8. The predicted molar refractivity (Wildman–Crippen MR) is 109 cm³/mol. The van der Waals surface area contributed by atoms with E-state index in [1.54, 1.807) is 6.20 Å². The molecule has 152 valence electrons. The van der Waals surface area contributed by atoms with Crippen LogP contribution in [-0.2, 0) is 6.18 Å². The van der Waals surface area contributed by atoms with Crippen LogP contribution in [0.15, 0.2) is 83.5 Å². The van der Waals surface area contributed by atoms with Gasteiger partial charge in [0.05, 0.1) is 11.3 Å². The first-order valence-electron chi connectivity index (χ1n) is 9.31. The van der Waals surface area contributed by atoms with E-state index in [-0.39, 0.29) is 5.82 Å². The molecule has 5 nitrogen and oxygen atoms in total. The number of oxazole rings is 1. The highest BCUT2D eigenvalue weighted by atomic mass is 19.4. The molecule has 0 atom stereocenters. The Hall–Kier alpha value is -4.07. The summed E-state index contributed by atoms with van der Waals surface area (Å²) < 4.78 is 44.4. The molecule has 0 aliphatic heterocycles. The van der Waals surface area contributed by atoms with Gasteiger partial charge >= 0.3 is 6.18 Å². The van der Waals surface area contributed by atoms with Crippen molar-refractivity contribution in [1.82, 2.24) is 19.9 Å². The van der Waals surface area contributed by atoms with E-state index in [0.29, 0.717) is 33.8 Å². The van der Waals surface area contributed by atoms with Crippen LogP contribution in [-0.4, -0.2) is 19.9 Å². The molecule has 0 bridgehead atoms. The van der Waals surface area contributed by atoms with E-state index >= 15 is 0 Å². The van der Waals surface area contributed by atoms with Gasteiger partial charge in [-0.05, 0) is 24.3 Å². The smallest absolute Gasteiger partial charge is 0.433 e. The molecule has 3 aromatic heterocycles. The van der Waals surface area contributed by atoms with Gasteiger partial charge in [0.25, 0.3) is 0 Å². The van der Waals surface area contributed by atoms with Gasteiger partial charge in [0.15, 0.2) is 11.4 Å². The summed E-state index contributed by atoms with van der Waals surface area (Å²) >= 11 is 0. The average Bonchev–Trinajstić information content (AvgIpc) is 3.23. The number of aromatic nitrogens is 4. The van der Waals surface area contributed by atoms with Crippen LogP contribution in [0.25, 0.3) is 45.2 Å². The van der Waals surface area contributed by atoms with Crippen molar-refractivity contribution in [3.8, 4) is 34.1 Å². The summed E-state index contributed by atoms with van der Waals surface area (Å²) in [6.07, 6.45) is -1.83. The zero-order valence-corrected chi connectivity index (χ0v) is 15.8. The fourth-order valence-corrected chi connectivity index (χ4v) is 3.17. The van der Waals surface area contributed by atoms with E-state index < -0.39 is 11.9 Å². The number of hydrogen-bond acceptors (Lipinski definition) is 5. The molecule has 3 heterocycles. The lowest BCUT2D eigenvalue weighted by atomic mass is 10.1. The average molecular weight is 418 g/mol. The van der Waals surface area contributed by atoms with Crippen LogP contribution < -0.4 is 0 Å². The minimum absolute atomic E-state index is 0.250. The van der Waals surface area contributed by atoms with Gasteiger partial charge in [-0.2, -0.15) is 13.2 Å². The number of hydrogen-bond donors (Lipinski definition) is 0. The third-order valence-corrected chi connectivity index (χ3v) is 4.67. The second-order valence-electron chi connectivity index (χ2n) is 6.74. The quantitative estimate of drug-likeness (QED) is 0.358. The number of alkyl halides is 3. The number of halogens is 3. The number of nitrogens with zero attached hydrogens (tertiary/aromatic N) is 4. The standard InChI is InChI=1S/C23H13F3N4O/c24-23(25,26)19-11-10-15(12-27-19)21-28-13-16(20(30-21)14-6-2-1-3-7-14)22-29-17-8-4-5-9-18(17)31-22/h1-13H. The Morgan fingerprint density at radius 3 is 2.19 bits per heavy atom. The predicted octanol–water partition coefficient (Wildman–Crippen LogP) is 6.03. The molecular formula is C23H13F3N4O. The molecule has 31 heavy (non-hydrogen) atoms. The summed E-state index contributed by atoms with van der Waals surface area (Å²) in [5, 5.41) is 0. The molecule has 0 aliphatic carbocycles. The second-order valence-corrected chi connectivity index (χ2v) is 6.74. The maximum absolute atomic E-state index is 12.8. The monoisotopic (exact) mass is 418 g/mol. The summed E-state index contributed by atoms with van der Waals surface area (Å²) in [6.45, 7) is 0. The van der Waals surface area contributed by atoms with Crippen LogP contribution in [0.5, 0.6) is 0 Å². The van der Waals surface area contributed by atoms with Gasteiger partial charge < -0.3 is 4.42 Å². The molecule has 0 fully saturated rings. The lowest BCUT2D eigenvalue weighted by Crippen LogP contribution is -2.07. The Labute approximate surface area is 174 Å². The number of pyridine rings is 1. The highest BCUT2D eigenvalue weighted by Crippen LogP contribution is 2.33. The topological polar surface area (TPSA) is 64.7 Å². The third kappa shape index (κ3) is 3.63. The molecule has 5 aromatic rings. The first-order valence-corrected chi connectivity index (χ1v) is 9.31. The van der Waals surface area contributed by atoms with Crippen LogP contribution in [0.4, 0.5) is 13.2 Å². The maximum atomic E-state index is 12.8. The Bertz CT molecular complexity index is 1330. The van der Waals surface area contributed by atoms with Gasteiger partial charge in [0.2, 0.25) is 5.89 Å². The summed E-state index contributed by atoms with van der Waals surface area (Å²) in [6, 6.07) is 19.0. The number of rotatable bonds is 3. The van der Waals surface area contributed by atoms with E-state index in [1.807, 2.05) is 54.6 Å². The fourth-order valence-electron chi connectivity index (χ4n) is 3.17. The number of fused-ring (bicyclic) bond motifs is 1. The number of para-hydroxylation sites is 2. The molecule has 0 amide bonds. The fraction of sp³-hybridized carbons (Fsp3) is 0.0435. The van der Waals surface area contributed by atoms with Crippen LogP contribution in [0, 0.1) is 0 Å². The highest BCUT2D eigenvalue weighted by molar-refractivity contribution is 5.82. The van der Waals surface area contributed by atoms with Gasteiger partial charge in [0, 0.05) is 23.5 Å². The van der Waals surface area contributed by atoms with E-state index in [9.17, 15) is 13.2 Å². The lowest BCUT2D eigenvalue weighted by molar-refractivity contribution is -0.141. The molecule has 0 radical (unpaired) electrons. The molecule has 0 saturated carbocycles. The molecular weight excluding hydrogens is 405 g/mol. The van der Waals surface area contributed by atoms with Crippen molar-refractivity contribution >= 4 is 11.1 Å². The van der Waals surface area contributed by atoms with Crippen molar-refractivity contribution in [2.45, 2.75) is 6.18 Å². The van der Waals surface area contributed by atoms with E-state index in [4.69, 9.17) is 4.42 Å². The normalized spacial score (nSPS) is 11.7. The second kappa shape index (κ2) is 7.32. The minimum atomic E-state index is -4.51. The van der Waals surface area contributed by atoms with Crippen LogP contribution >= 0.6 is 0 Å². The molecule has 0 unspecified atom stereocenters. The highest BCUT2D eigenvalue weighted by Gasteiger charge is 2.32. The van der Waals surface area contributed by atoms with Crippen molar-refractivity contribution in [2.75, 3.05) is 0 Å². The molecule has 0 N–H and O–H groups in total. The van der Waals surface area contributed by atoms with Gasteiger partial charge in [0.1, 0.15) is 11.2 Å². The number of benzene rings is 2. The van der Waals surface area contributed by atoms with Crippen LogP contribution in [0.2, 0.25) is 0 Å². The van der Waals surface area contributed by atoms with Crippen molar-refractivity contribution in [3.05, 3.63) is 84.8 Å². The molecule has 5 rings (SSSR count). The van der Waals surface area contributed by atoms with Gasteiger partial charge in [-0.3, -0.25) is 4.98 Å². The van der Waals surface area contributed by atoms with Crippen LogP contribution in [0.1, 0.15) is 5.69 Å². The van der Waals surface area contributed by atoms with Crippen molar-refractivity contribution in [1.29, 1.82) is 0 Å². The Morgan fingerprint density at radius 2 is 1.48 bits per heavy atom. The Kier molecular flexibility index (Phi) is 4.47. The Balaban J connectivity index is 1.64. The molecule has 0 saturated heterocycles. The summed E-state index contributed by atoms with van der Waals surface area (Å²) in [5.41, 5.74) is 2.66. The first-order chi connectivity index (χ1) is 15.0. The van der Waals surface area contributed by atoms with E-state index in [2.05, 4.69) is 19.9 Å². The molecule has 0 spiro atoms. The first kappa shape index (κ1) is 18.9. The Morgan fingerprint density at radius 1 is 0.710 bits per heavy atom. The molecule has 0 aliphatic rings. The largest absolute Gasteiger partial charge is 0.436 e. The zero-order chi connectivity index (χ0) is 21.4. The van der Waals surface area contributed by atoms with Crippen LogP contribution in [0.3, 0.4) is 0 Å².